The highest BCUT2D eigenvalue weighted by Gasteiger charge is 2.36. The molecule has 0 spiro atoms. The number of anilines is 1. The Labute approximate surface area is 151 Å². The predicted molar refractivity (Wildman–Crippen MR) is 94.5 cm³/mol. The Kier molecular flexibility index (Phi) is 3.48. The quantitative estimate of drug-likeness (QED) is 0.850. The normalized spacial score (nSPS) is 21.6. The van der Waals surface area contributed by atoms with Crippen LogP contribution in [0.2, 0.25) is 0 Å². The molecule has 0 saturated carbocycles. The highest BCUT2D eigenvalue weighted by molar-refractivity contribution is 5.99. The molecule has 0 amide bonds. The van der Waals surface area contributed by atoms with Gasteiger partial charge in [-0.15, -0.1) is 0 Å². The van der Waals surface area contributed by atoms with Gasteiger partial charge in [-0.3, -0.25) is 4.79 Å². The molecule has 0 bridgehead atoms. The Balaban J connectivity index is 1.67. The molecule has 2 aromatic rings. The van der Waals surface area contributed by atoms with Gasteiger partial charge in [0, 0.05) is 24.1 Å². The van der Waals surface area contributed by atoms with Crippen LogP contribution < -0.4 is 14.8 Å². The largest absolute Gasteiger partial charge is 0.490 e. The lowest BCUT2D eigenvalue weighted by molar-refractivity contribution is -0.116. The van der Waals surface area contributed by atoms with Gasteiger partial charge in [0.25, 0.3) is 0 Å². The molecule has 7 heteroatoms. The summed E-state index contributed by atoms with van der Waals surface area (Å²) in [6.07, 6.45) is 3.15. The van der Waals surface area contributed by atoms with E-state index < -0.39 is 0 Å². The van der Waals surface area contributed by atoms with E-state index in [-0.39, 0.29) is 11.8 Å². The number of nitrogens with one attached hydrogen (secondary N) is 1. The Morgan fingerprint density at radius 1 is 1.15 bits per heavy atom. The van der Waals surface area contributed by atoms with Crippen LogP contribution in [0.1, 0.15) is 43.1 Å². The number of carbonyl (C=O) groups excluding carboxylic acids is 1. The minimum Gasteiger partial charge on any atom is -0.490 e. The van der Waals surface area contributed by atoms with Gasteiger partial charge in [0.15, 0.2) is 17.3 Å². The smallest absolute Gasteiger partial charge is 0.226 e. The lowest BCUT2D eigenvalue weighted by Gasteiger charge is -2.32. The third-order valence-corrected chi connectivity index (χ3v) is 5.06. The first kappa shape index (κ1) is 15.4. The van der Waals surface area contributed by atoms with Crippen LogP contribution in [-0.4, -0.2) is 33.8 Å². The fourth-order valence-electron chi connectivity index (χ4n) is 3.92. The van der Waals surface area contributed by atoms with Crippen molar-refractivity contribution in [1.82, 2.24) is 14.8 Å². The molecule has 1 aromatic heterocycles. The molecule has 3 heterocycles. The van der Waals surface area contributed by atoms with Crippen molar-refractivity contribution >= 4 is 11.7 Å². The molecule has 7 nitrogen and oxygen atoms in total. The number of hydrogen-bond donors (Lipinski definition) is 1. The second-order valence-electron chi connectivity index (χ2n) is 6.88. The number of nitrogens with zero attached hydrogens (tertiary/aromatic N) is 3. The van der Waals surface area contributed by atoms with Crippen LogP contribution >= 0.6 is 0 Å². The lowest BCUT2D eigenvalue weighted by Crippen LogP contribution is -2.31. The van der Waals surface area contributed by atoms with Crippen LogP contribution in [0.15, 0.2) is 29.5 Å². The Morgan fingerprint density at radius 2 is 2.00 bits per heavy atom. The number of hydrogen-bond acceptors (Lipinski definition) is 6. The van der Waals surface area contributed by atoms with Crippen LogP contribution in [0.25, 0.3) is 0 Å². The van der Waals surface area contributed by atoms with Crippen molar-refractivity contribution in [2.24, 2.45) is 0 Å². The lowest BCUT2D eigenvalue weighted by atomic mass is 9.85. The van der Waals surface area contributed by atoms with Crippen molar-refractivity contribution in [2.45, 2.75) is 38.6 Å². The van der Waals surface area contributed by atoms with E-state index in [1.165, 1.54) is 0 Å². The number of carbonyl (C=O) groups is 1. The molecular weight excluding hydrogens is 332 g/mol. The molecule has 1 unspecified atom stereocenters. The van der Waals surface area contributed by atoms with Crippen LogP contribution in [-0.2, 0) is 4.79 Å². The van der Waals surface area contributed by atoms with E-state index in [0.29, 0.717) is 31.4 Å². The Hall–Kier alpha value is -2.83. The minimum absolute atomic E-state index is 0.176. The van der Waals surface area contributed by atoms with Crippen LogP contribution in [0.3, 0.4) is 0 Å². The van der Waals surface area contributed by atoms with Gasteiger partial charge in [0.05, 0.1) is 13.2 Å². The SMILES string of the molecule is Cc1nc2n(n1)C(c1ccc3c(c1)OCCCO3)C1=C(CCCC1=O)N2. The summed E-state index contributed by atoms with van der Waals surface area (Å²) in [5, 5.41) is 7.86. The summed E-state index contributed by atoms with van der Waals surface area (Å²) < 4.78 is 13.4. The molecule has 0 fully saturated rings. The molecule has 1 aliphatic carbocycles. The Bertz CT molecular complexity index is 931. The standard InChI is InChI=1S/C19H20N4O3/c1-11-20-19-21-13-4-2-5-14(24)17(13)18(23(19)22-11)12-6-7-15-16(10-12)26-9-3-8-25-15/h6-7,10,18H,2-5,8-9H2,1H3,(H,20,21,22). The van der Waals surface area contributed by atoms with Crippen LogP contribution in [0.5, 0.6) is 11.5 Å². The van der Waals surface area contributed by atoms with Gasteiger partial charge in [-0.25, -0.2) is 4.68 Å². The molecule has 26 heavy (non-hydrogen) atoms. The van der Waals surface area contributed by atoms with Gasteiger partial charge in [-0.2, -0.15) is 10.1 Å². The second-order valence-corrected chi connectivity index (χ2v) is 6.88. The van der Waals surface area contributed by atoms with Crippen molar-refractivity contribution in [3.63, 3.8) is 0 Å². The molecule has 1 atom stereocenters. The maximum absolute atomic E-state index is 12.8. The van der Waals surface area contributed by atoms with E-state index in [2.05, 4.69) is 15.4 Å². The monoisotopic (exact) mass is 352 g/mol. The fraction of sp³-hybridized carbons (Fsp3) is 0.421. The number of Topliss-reactive ketones (excluding diaryl/α,β-unsaturated/α-hetero) is 1. The summed E-state index contributed by atoms with van der Waals surface area (Å²) in [7, 11) is 0. The molecule has 3 aliphatic rings. The predicted octanol–water partition coefficient (Wildman–Crippen LogP) is 2.77. The number of benzene rings is 1. The van der Waals surface area contributed by atoms with Gasteiger partial charge >= 0.3 is 0 Å². The number of aryl methyl sites for hydroxylation is 1. The van der Waals surface area contributed by atoms with E-state index in [0.717, 1.165) is 47.6 Å². The van der Waals surface area contributed by atoms with Gasteiger partial charge in [0.1, 0.15) is 11.9 Å². The zero-order chi connectivity index (χ0) is 17.7. The molecular formula is C19H20N4O3. The molecule has 1 aromatic carbocycles. The number of aromatic nitrogens is 3. The average Bonchev–Trinajstić information content (AvgIpc) is 2.85. The van der Waals surface area contributed by atoms with Crippen LogP contribution in [0, 0.1) is 6.92 Å². The van der Waals surface area contributed by atoms with E-state index >= 15 is 0 Å². The van der Waals surface area contributed by atoms with Crippen molar-refractivity contribution < 1.29 is 14.3 Å². The van der Waals surface area contributed by atoms with Crippen molar-refractivity contribution in [3.05, 3.63) is 40.9 Å². The number of ketones is 1. The number of fused-ring (bicyclic) bond motifs is 2. The fourth-order valence-corrected chi connectivity index (χ4v) is 3.92. The first-order chi connectivity index (χ1) is 12.7. The third kappa shape index (κ3) is 2.38. The molecule has 5 rings (SSSR count). The van der Waals surface area contributed by atoms with E-state index in [1.807, 2.05) is 29.8 Å². The van der Waals surface area contributed by atoms with Crippen LogP contribution in [0.4, 0.5) is 5.95 Å². The first-order valence-corrected chi connectivity index (χ1v) is 9.06. The van der Waals surface area contributed by atoms with Crippen molar-refractivity contribution in [3.8, 4) is 11.5 Å². The summed E-state index contributed by atoms with van der Waals surface area (Å²) in [5.41, 5.74) is 2.73. The molecule has 1 N–H and O–H groups in total. The molecule has 0 radical (unpaired) electrons. The average molecular weight is 352 g/mol. The van der Waals surface area contributed by atoms with Crippen molar-refractivity contribution in [2.75, 3.05) is 18.5 Å². The van der Waals surface area contributed by atoms with E-state index in [9.17, 15) is 4.79 Å². The van der Waals surface area contributed by atoms with Gasteiger partial charge < -0.3 is 14.8 Å². The number of ether oxygens (including phenoxy) is 2. The Morgan fingerprint density at radius 3 is 2.88 bits per heavy atom. The third-order valence-electron chi connectivity index (χ3n) is 5.06. The van der Waals surface area contributed by atoms with Gasteiger partial charge in [0.2, 0.25) is 5.95 Å². The number of allylic oxidation sites excluding steroid dienone is 2. The summed E-state index contributed by atoms with van der Waals surface area (Å²) in [5.74, 6) is 3.02. The maximum Gasteiger partial charge on any atom is 0.226 e. The first-order valence-electron chi connectivity index (χ1n) is 9.06. The topological polar surface area (TPSA) is 78.3 Å². The summed E-state index contributed by atoms with van der Waals surface area (Å²) in [6.45, 7) is 3.14. The summed E-state index contributed by atoms with van der Waals surface area (Å²) in [6, 6.07) is 5.61. The molecule has 2 aliphatic heterocycles. The zero-order valence-electron chi connectivity index (χ0n) is 14.6. The summed E-state index contributed by atoms with van der Waals surface area (Å²) in [4.78, 5) is 17.2. The van der Waals surface area contributed by atoms with Gasteiger partial charge in [-0.05, 0) is 37.5 Å². The van der Waals surface area contributed by atoms with E-state index in [4.69, 9.17) is 9.47 Å². The molecule has 0 saturated heterocycles. The van der Waals surface area contributed by atoms with Gasteiger partial charge in [-0.1, -0.05) is 6.07 Å². The molecule has 134 valence electrons. The highest BCUT2D eigenvalue weighted by Crippen LogP contribution is 2.42. The number of rotatable bonds is 1. The van der Waals surface area contributed by atoms with E-state index in [1.54, 1.807) is 0 Å². The van der Waals surface area contributed by atoms with Crippen molar-refractivity contribution in [1.29, 1.82) is 0 Å². The summed E-state index contributed by atoms with van der Waals surface area (Å²) >= 11 is 0. The second kappa shape index (κ2) is 5.86. The zero-order valence-corrected chi connectivity index (χ0v) is 14.6. The minimum atomic E-state index is -0.285. The maximum atomic E-state index is 12.8. The highest BCUT2D eigenvalue weighted by atomic mass is 16.5.